The first-order chi connectivity index (χ1) is 4.86. The van der Waals surface area contributed by atoms with Crippen LogP contribution in [0.5, 0.6) is 0 Å². The van der Waals surface area contributed by atoms with E-state index in [1.807, 2.05) is 17.4 Å². The van der Waals surface area contributed by atoms with Gasteiger partial charge in [-0.25, -0.2) is 0 Å². The van der Waals surface area contributed by atoms with Crippen molar-refractivity contribution in [2.24, 2.45) is 5.10 Å². The van der Waals surface area contributed by atoms with Crippen LogP contribution < -0.4 is 5.32 Å². The third-order valence-electron chi connectivity index (χ3n) is 1.89. The SMILES string of the molecule is CC1=NN2C=CNCC2C1. The molecule has 10 heavy (non-hydrogen) atoms. The van der Waals surface area contributed by atoms with E-state index in [9.17, 15) is 0 Å². The molecule has 0 amide bonds. The Labute approximate surface area is 60.4 Å². The molecule has 0 bridgehead atoms. The van der Waals surface area contributed by atoms with Crippen molar-refractivity contribution >= 4 is 5.71 Å². The van der Waals surface area contributed by atoms with E-state index in [-0.39, 0.29) is 0 Å². The molecule has 0 aromatic carbocycles. The average molecular weight is 137 g/mol. The van der Waals surface area contributed by atoms with Crippen LogP contribution in [0.4, 0.5) is 0 Å². The van der Waals surface area contributed by atoms with E-state index in [0.717, 1.165) is 13.0 Å². The summed E-state index contributed by atoms with van der Waals surface area (Å²) in [5, 5.41) is 9.55. The Morgan fingerprint density at radius 1 is 1.80 bits per heavy atom. The van der Waals surface area contributed by atoms with Crippen molar-refractivity contribution in [2.45, 2.75) is 19.4 Å². The highest BCUT2D eigenvalue weighted by molar-refractivity contribution is 5.83. The molecule has 54 valence electrons. The zero-order valence-corrected chi connectivity index (χ0v) is 6.04. The summed E-state index contributed by atoms with van der Waals surface area (Å²) in [5.41, 5.74) is 1.23. The summed E-state index contributed by atoms with van der Waals surface area (Å²) >= 11 is 0. The van der Waals surface area contributed by atoms with Crippen molar-refractivity contribution in [1.82, 2.24) is 10.3 Å². The fourth-order valence-electron chi connectivity index (χ4n) is 1.41. The first-order valence-corrected chi connectivity index (χ1v) is 3.59. The highest BCUT2D eigenvalue weighted by atomic mass is 15.5. The number of hydrogen-bond acceptors (Lipinski definition) is 3. The third kappa shape index (κ3) is 0.781. The van der Waals surface area contributed by atoms with E-state index in [4.69, 9.17) is 0 Å². The van der Waals surface area contributed by atoms with Crippen molar-refractivity contribution in [3.63, 3.8) is 0 Å². The second kappa shape index (κ2) is 2.01. The molecule has 3 nitrogen and oxygen atoms in total. The van der Waals surface area contributed by atoms with E-state index >= 15 is 0 Å². The molecule has 0 saturated heterocycles. The van der Waals surface area contributed by atoms with Crippen LogP contribution >= 0.6 is 0 Å². The molecule has 2 heterocycles. The van der Waals surface area contributed by atoms with Crippen LogP contribution in [0.2, 0.25) is 0 Å². The monoisotopic (exact) mass is 137 g/mol. The predicted molar refractivity (Wildman–Crippen MR) is 40.5 cm³/mol. The lowest BCUT2D eigenvalue weighted by Gasteiger charge is -2.23. The largest absolute Gasteiger partial charge is 0.388 e. The zero-order valence-electron chi connectivity index (χ0n) is 6.04. The van der Waals surface area contributed by atoms with Gasteiger partial charge in [0.1, 0.15) is 0 Å². The molecule has 2 aliphatic heterocycles. The second-order valence-electron chi connectivity index (χ2n) is 2.80. The Balaban J connectivity index is 2.17. The van der Waals surface area contributed by atoms with Crippen LogP contribution in [0.25, 0.3) is 0 Å². The Hall–Kier alpha value is -0.990. The van der Waals surface area contributed by atoms with Crippen LogP contribution in [-0.4, -0.2) is 23.3 Å². The molecule has 0 aromatic rings. The van der Waals surface area contributed by atoms with E-state index in [1.165, 1.54) is 5.71 Å². The topological polar surface area (TPSA) is 27.6 Å². The smallest absolute Gasteiger partial charge is 0.0744 e. The summed E-state index contributed by atoms with van der Waals surface area (Å²) in [6, 6.07) is 0.574. The van der Waals surface area contributed by atoms with Gasteiger partial charge in [-0.05, 0) is 6.92 Å². The number of nitrogens with zero attached hydrogens (tertiary/aromatic N) is 2. The van der Waals surface area contributed by atoms with Crippen LogP contribution in [0.3, 0.4) is 0 Å². The Bertz CT molecular complexity index is 195. The van der Waals surface area contributed by atoms with Crippen LogP contribution in [-0.2, 0) is 0 Å². The Morgan fingerprint density at radius 2 is 2.70 bits per heavy atom. The first-order valence-electron chi connectivity index (χ1n) is 3.59. The van der Waals surface area contributed by atoms with Gasteiger partial charge in [0.25, 0.3) is 0 Å². The molecular weight excluding hydrogens is 126 g/mol. The van der Waals surface area contributed by atoms with Crippen molar-refractivity contribution in [3.05, 3.63) is 12.4 Å². The molecule has 0 radical (unpaired) electrons. The molecule has 0 fully saturated rings. The lowest BCUT2D eigenvalue weighted by atomic mass is 10.1. The van der Waals surface area contributed by atoms with Gasteiger partial charge in [0.2, 0.25) is 0 Å². The molecule has 1 unspecified atom stereocenters. The number of nitrogens with one attached hydrogen (secondary N) is 1. The van der Waals surface area contributed by atoms with Gasteiger partial charge in [-0.15, -0.1) is 0 Å². The minimum Gasteiger partial charge on any atom is -0.388 e. The highest BCUT2D eigenvalue weighted by Gasteiger charge is 2.23. The summed E-state index contributed by atoms with van der Waals surface area (Å²) in [5.74, 6) is 0. The molecule has 2 aliphatic rings. The van der Waals surface area contributed by atoms with Gasteiger partial charge in [-0.2, -0.15) is 5.10 Å². The van der Waals surface area contributed by atoms with E-state index in [0.29, 0.717) is 6.04 Å². The summed E-state index contributed by atoms with van der Waals surface area (Å²) in [7, 11) is 0. The highest BCUT2D eigenvalue weighted by Crippen LogP contribution is 2.16. The summed E-state index contributed by atoms with van der Waals surface area (Å²) in [6.45, 7) is 3.10. The minimum absolute atomic E-state index is 0.574. The van der Waals surface area contributed by atoms with Gasteiger partial charge in [0, 0.05) is 31.1 Å². The molecule has 1 N–H and O–H groups in total. The van der Waals surface area contributed by atoms with Crippen molar-refractivity contribution in [3.8, 4) is 0 Å². The maximum Gasteiger partial charge on any atom is 0.0744 e. The lowest BCUT2D eigenvalue weighted by Crippen LogP contribution is -2.35. The van der Waals surface area contributed by atoms with Crippen molar-refractivity contribution in [1.29, 1.82) is 0 Å². The van der Waals surface area contributed by atoms with Gasteiger partial charge in [-0.1, -0.05) is 0 Å². The normalized spacial score (nSPS) is 29.5. The first kappa shape index (κ1) is 5.77. The molecule has 2 rings (SSSR count). The van der Waals surface area contributed by atoms with Gasteiger partial charge in [-0.3, -0.25) is 5.01 Å². The van der Waals surface area contributed by atoms with Gasteiger partial charge >= 0.3 is 0 Å². The number of hydrogen-bond donors (Lipinski definition) is 1. The summed E-state index contributed by atoms with van der Waals surface area (Å²) in [6.07, 6.45) is 5.04. The molecule has 0 spiro atoms. The fourth-order valence-corrected chi connectivity index (χ4v) is 1.41. The zero-order chi connectivity index (χ0) is 6.97. The lowest BCUT2D eigenvalue weighted by molar-refractivity contribution is 0.300. The number of hydrazone groups is 1. The van der Waals surface area contributed by atoms with Gasteiger partial charge in [0.15, 0.2) is 0 Å². The maximum atomic E-state index is 4.33. The maximum absolute atomic E-state index is 4.33. The van der Waals surface area contributed by atoms with Gasteiger partial charge < -0.3 is 5.32 Å². The van der Waals surface area contributed by atoms with Crippen LogP contribution in [0.1, 0.15) is 13.3 Å². The van der Waals surface area contributed by atoms with Crippen molar-refractivity contribution in [2.75, 3.05) is 6.54 Å². The minimum atomic E-state index is 0.574. The number of rotatable bonds is 0. The molecule has 3 heteroatoms. The fraction of sp³-hybridized carbons (Fsp3) is 0.571. The van der Waals surface area contributed by atoms with Crippen LogP contribution in [0.15, 0.2) is 17.5 Å². The van der Waals surface area contributed by atoms with Gasteiger partial charge in [0.05, 0.1) is 6.04 Å². The Morgan fingerprint density at radius 3 is 3.50 bits per heavy atom. The second-order valence-corrected chi connectivity index (χ2v) is 2.80. The third-order valence-corrected chi connectivity index (χ3v) is 1.89. The predicted octanol–water partition coefficient (Wildman–Crippen LogP) is 0.511. The Kier molecular flexibility index (Phi) is 1.16. The van der Waals surface area contributed by atoms with E-state index in [2.05, 4.69) is 17.3 Å². The van der Waals surface area contributed by atoms with E-state index in [1.54, 1.807) is 0 Å². The summed E-state index contributed by atoms with van der Waals surface area (Å²) < 4.78 is 0. The van der Waals surface area contributed by atoms with Crippen LogP contribution in [0, 0.1) is 0 Å². The molecule has 0 saturated carbocycles. The molecular formula is C7H11N3. The quantitative estimate of drug-likeness (QED) is 0.527. The molecule has 1 atom stereocenters. The summed E-state index contributed by atoms with van der Waals surface area (Å²) in [4.78, 5) is 0. The average Bonchev–Trinajstić information content (AvgIpc) is 2.27. The molecule has 0 aliphatic carbocycles. The molecule has 0 aromatic heterocycles. The van der Waals surface area contributed by atoms with Crippen molar-refractivity contribution < 1.29 is 0 Å². The van der Waals surface area contributed by atoms with E-state index < -0.39 is 0 Å². The standard InChI is InChI=1S/C7H11N3/c1-6-4-7-5-8-2-3-10(7)9-6/h2-3,7-8H,4-5H2,1H3. The number of fused-ring (bicyclic) bond motifs is 1.